The van der Waals surface area contributed by atoms with Gasteiger partial charge in [0.2, 0.25) is 0 Å². The third-order valence-electron chi connectivity index (χ3n) is 2.64. The van der Waals surface area contributed by atoms with Crippen molar-refractivity contribution in [1.82, 2.24) is 0 Å². The molecule has 23 heavy (non-hydrogen) atoms. The molecule has 0 aliphatic carbocycles. The monoisotopic (exact) mass is 335 g/mol. The normalized spacial score (nSPS) is 18.0. The number of rotatable bonds is 12. The summed E-state index contributed by atoms with van der Waals surface area (Å²) in [7, 11) is 0. The number of ether oxygens (including phenoxy) is 6. The van der Waals surface area contributed by atoms with E-state index in [0.29, 0.717) is 13.0 Å². The predicted octanol–water partition coefficient (Wildman–Crippen LogP) is 1.25. The number of hydrogen-bond acceptors (Lipinski definition) is 10. The molecule has 0 bridgehead atoms. The molecule has 0 radical (unpaired) electrons. The number of hydrogen-bond donors (Lipinski definition) is 0. The Kier molecular flexibility index (Phi) is 9.64. The molecule has 0 amide bonds. The molecular formula is C13H21NO9. The number of nitroso groups, excluding NO2 is 1. The maximum absolute atomic E-state index is 10.9. The van der Waals surface area contributed by atoms with Gasteiger partial charge in [0.15, 0.2) is 6.10 Å². The zero-order valence-electron chi connectivity index (χ0n) is 12.9. The summed E-state index contributed by atoms with van der Waals surface area (Å²) < 4.78 is 29.2. The van der Waals surface area contributed by atoms with Crippen LogP contribution in [-0.4, -0.2) is 70.7 Å². The molecule has 10 nitrogen and oxygen atoms in total. The molecule has 1 rings (SSSR count). The van der Waals surface area contributed by atoms with Crippen LogP contribution >= 0.6 is 0 Å². The van der Waals surface area contributed by atoms with E-state index in [1.54, 1.807) is 6.92 Å². The summed E-state index contributed by atoms with van der Waals surface area (Å²) >= 11 is 0. The Morgan fingerprint density at radius 2 is 2.09 bits per heavy atom. The maximum atomic E-state index is 10.9. The lowest BCUT2D eigenvalue weighted by molar-refractivity contribution is 0.0203. The Balaban J connectivity index is 1.97. The van der Waals surface area contributed by atoms with Gasteiger partial charge in [-0.15, -0.1) is 0 Å². The molecule has 2 atom stereocenters. The average Bonchev–Trinajstić information content (AvgIpc) is 2.94. The Hall–Kier alpha value is -1.94. The second kappa shape index (κ2) is 11.6. The maximum Gasteiger partial charge on any atom is 0.508 e. The molecule has 0 aromatic carbocycles. The lowest BCUT2D eigenvalue weighted by atomic mass is 10.3. The van der Waals surface area contributed by atoms with Crippen LogP contribution < -0.4 is 0 Å². The molecule has 10 heteroatoms. The molecule has 1 saturated heterocycles. The highest BCUT2D eigenvalue weighted by molar-refractivity contribution is 5.61. The molecule has 132 valence electrons. The van der Waals surface area contributed by atoms with Crippen molar-refractivity contribution in [3.8, 4) is 0 Å². The molecular weight excluding hydrogens is 314 g/mol. The van der Waals surface area contributed by atoms with Crippen LogP contribution in [0.1, 0.15) is 13.3 Å². The second-order valence-corrected chi connectivity index (χ2v) is 4.56. The first kappa shape index (κ1) is 19.1. The molecule has 1 aliphatic rings. The van der Waals surface area contributed by atoms with Crippen molar-refractivity contribution >= 4 is 12.3 Å². The third-order valence-corrected chi connectivity index (χ3v) is 2.64. The molecule has 0 N–H and O–H groups in total. The van der Waals surface area contributed by atoms with Gasteiger partial charge in [-0.2, -0.15) is 4.91 Å². The first-order valence-electron chi connectivity index (χ1n) is 7.26. The number of carbonyl (C=O) groups excluding carboxylic acids is 2. The highest BCUT2D eigenvalue weighted by Gasteiger charge is 2.25. The van der Waals surface area contributed by atoms with Crippen LogP contribution in [0.15, 0.2) is 5.18 Å². The SMILES string of the molecule is CCOC(=O)OCCCOCC(COCC1COC(=O)O1)N=O. The molecule has 2 unspecified atom stereocenters. The van der Waals surface area contributed by atoms with E-state index in [2.05, 4.69) is 14.7 Å². The van der Waals surface area contributed by atoms with E-state index in [4.69, 9.17) is 18.9 Å². The van der Waals surface area contributed by atoms with Crippen LogP contribution in [0.25, 0.3) is 0 Å². The fourth-order valence-corrected chi connectivity index (χ4v) is 1.59. The van der Waals surface area contributed by atoms with Crippen molar-refractivity contribution in [1.29, 1.82) is 0 Å². The van der Waals surface area contributed by atoms with E-state index >= 15 is 0 Å². The Morgan fingerprint density at radius 1 is 1.30 bits per heavy atom. The summed E-state index contributed by atoms with van der Waals surface area (Å²) in [5, 5.41) is 2.89. The van der Waals surface area contributed by atoms with Gasteiger partial charge in [-0.3, -0.25) is 0 Å². The minimum absolute atomic E-state index is 0.0525. The summed E-state index contributed by atoms with van der Waals surface area (Å²) in [5.74, 6) is 0. The van der Waals surface area contributed by atoms with Crippen LogP contribution in [0.5, 0.6) is 0 Å². The zero-order valence-corrected chi connectivity index (χ0v) is 12.9. The van der Waals surface area contributed by atoms with E-state index in [-0.39, 0.29) is 39.6 Å². The van der Waals surface area contributed by atoms with Gasteiger partial charge in [-0.25, -0.2) is 9.59 Å². The van der Waals surface area contributed by atoms with Crippen LogP contribution in [0.3, 0.4) is 0 Å². The van der Waals surface area contributed by atoms with Gasteiger partial charge in [0.1, 0.15) is 12.6 Å². The van der Waals surface area contributed by atoms with Crippen LogP contribution in [0.2, 0.25) is 0 Å². The van der Waals surface area contributed by atoms with Gasteiger partial charge >= 0.3 is 12.3 Å². The Bertz CT molecular complexity index is 376. The van der Waals surface area contributed by atoms with Crippen molar-refractivity contribution in [2.75, 3.05) is 46.2 Å². The summed E-state index contributed by atoms with van der Waals surface area (Å²) in [6.45, 7) is 2.82. The van der Waals surface area contributed by atoms with Crippen molar-refractivity contribution in [3.05, 3.63) is 4.91 Å². The summed E-state index contributed by atoms with van der Waals surface area (Å²) in [5.41, 5.74) is 0. The van der Waals surface area contributed by atoms with Gasteiger partial charge in [0.25, 0.3) is 0 Å². The standard InChI is InChI=1S/C13H21NO9/c1-2-20-12(15)21-5-3-4-18-6-10(14-17)7-19-8-11-9-22-13(16)23-11/h10-11H,2-9H2,1H3. The first-order chi connectivity index (χ1) is 11.2. The molecule has 0 spiro atoms. The van der Waals surface area contributed by atoms with Gasteiger partial charge < -0.3 is 28.4 Å². The molecule has 0 aromatic heterocycles. The number of cyclic esters (lactones) is 2. The quantitative estimate of drug-likeness (QED) is 0.295. The second-order valence-electron chi connectivity index (χ2n) is 4.56. The summed E-state index contributed by atoms with van der Waals surface area (Å²) in [6.07, 6.45) is -1.43. The number of nitrogens with zero attached hydrogens (tertiary/aromatic N) is 1. The van der Waals surface area contributed by atoms with Crippen LogP contribution in [0, 0.1) is 4.91 Å². The first-order valence-corrected chi connectivity index (χ1v) is 7.26. The molecule has 1 aliphatic heterocycles. The third kappa shape index (κ3) is 8.94. The zero-order chi connectivity index (χ0) is 16.9. The molecule has 1 heterocycles. The molecule has 1 fully saturated rings. The lowest BCUT2D eigenvalue weighted by Gasteiger charge is -2.12. The predicted molar refractivity (Wildman–Crippen MR) is 75.0 cm³/mol. The van der Waals surface area contributed by atoms with E-state index in [1.807, 2.05) is 0 Å². The van der Waals surface area contributed by atoms with Crippen LogP contribution in [-0.2, 0) is 28.4 Å². The van der Waals surface area contributed by atoms with Crippen molar-refractivity contribution in [2.45, 2.75) is 25.5 Å². The molecule has 0 aromatic rings. The molecule has 0 saturated carbocycles. The lowest BCUT2D eigenvalue weighted by Crippen LogP contribution is -2.25. The summed E-state index contributed by atoms with van der Waals surface area (Å²) in [6, 6.07) is -0.668. The van der Waals surface area contributed by atoms with Gasteiger partial charge in [-0.05, 0) is 6.92 Å². The van der Waals surface area contributed by atoms with Gasteiger partial charge in [0.05, 0.1) is 33.0 Å². The van der Waals surface area contributed by atoms with E-state index in [0.717, 1.165) is 0 Å². The Morgan fingerprint density at radius 3 is 2.74 bits per heavy atom. The van der Waals surface area contributed by atoms with Gasteiger partial charge in [0, 0.05) is 13.0 Å². The fraction of sp³-hybridized carbons (Fsp3) is 0.846. The van der Waals surface area contributed by atoms with Gasteiger partial charge in [-0.1, -0.05) is 5.18 Å². The van der Waals surface area contributed by atoms with E-state index in [9.17, 15) is 14.5 Å². The van der Waals surface area contributed by atoms with E-state index in [1.165, 1.54) is 0 Å². The largest absolute Gasteiger partial charge is 0.508 e. The topological polar surface area (TPSA) is 119 Å². The number of carbonyl (C=O) groups is 2. The summed E-state index contributed by atoms with van der Waals surface area (Å²) in [4.78, 5) is 32.2. The van der Waals surface area contributed by atoms with Crippen molar-refractivity contribution in [2.24, 2.45) is 5.18 Å². The average molecular weight is 335 g/mol. The highest BCUT2D eigenvalue weighted by atomic mass is 16.8. The minimum Gasteiger partial charge on any atom is -0.435 e. The van der Waals surface area contributed by atoms with Crippen molar-refractivity contribution in [3.63, 3.8) is 0 Å². The van der Waals surface area contributed by atoms with Crippen molar-refractivity contribution < 1.29 is 38.0 Å². The van der Waals surface area contributed by atoms with E-state index < -0.39 is 24.5 Å². The van der Waals surface area contributed by atoms with Crippen LogP contribution in [0.4, 0.5) is 9.59 Å². The Labute approximate surface area is 133 Å². The highest BCUT2D eigenvalue weighted by Crippen LogP contribution is 2.06. The fourth-order valence-electron chi connectivity index (χ4n) is 1.59. The smallest absolute Gasteiger partial charge is 0.435 e. The minimum atomic E-state index is -0.725.